The van der Waals surface area contributed by atoms with Gasteiger partial charge in [-0.1, -0.05) is 6.07 Å². The molecule has 0 radical (unpaired) electrons. The van der Waals surface area contributed by atoms with Crippen LogP contribution in [0.5, 0.6) is 0 Å². The molecular weight excluding hydrogens is 234 g/mol. The second-order valence-electron chi connectivity index (χ2n) is 4.70. The number of nitrogens with two attached hydrogens (primary N) is 2. The normalized spacial score (nSPS) is 24.7. The SMILES string of the molecule is CC(N)C(c1cccs1)N1CCC(C(N)=O)C1. The molecule has 2 rings (SSSR count). The second-order valence-corrected chi connectivity index (χ2v) is 5.68. The fourth-order valence-corrected chi connectivity index (χ4v) is 3.48. The number of nitrogens with zero attached hydrogens (tertiary/aromatic N) is 1. The number of primary amides is 1. The van der Waals surface area contributed by atoms with Gasteiger partial charge in [0.05, 0.1) is 12.0 Å². The standard InChI is InChI=1S/C12H19N3OS/c1-8(13)11(10-3-2-6-17-10)15-5-4-9(7-15)12(14)16/h2-3,6,8-9,11H,4-5,7,13H2,1H3,(H2,14,16). The monoisotopic (exact) mass is 253 g/mol. The highest BCUT2D eigenvalue weighted by Gasteiger charge is 2.33. The van der Waals surface area contributed by atoms with Crippen LogP contribution in [0.15, 0.2) is 17.5 Å². The predicted octanol–water partition coefficient (Wildman–Crippen LogP) is 0.944. The van der Waals surface area contributed by atoms with Crippen molar-refractivity contribution in [3.63, 3.8) is 0 Å². The van der Waals surface area contributed by atoms with Crippen LogP contribution in [0.2, 0.25) is 0 Å². The Hall–Kier alpha value is -0.910. The van der Waals surface area contributed by atoms with E-state index in [1.165, 1.54) is 4.88 Å². The van der Waals surface area contributed by atoms with Crippen LogP contribution in [-0.4, -0.2) is 29.9 Å². The lowest BCUT2D eigenvalue weighted by molar-refractivity contribution is -0.121. The largest absolute Gasteiger partial charge is 0.369 e. The molecule has 5 heteroatoms. The van der Waals surface area contributed by atoms with E-state index in [0.717, 1.165) is 19.5 Å². The molecule has 0 aliphatic carbocycles. The molecule has 0 spiro atoms. The van der Waals surface area contributed by atoms with Crippen LogP contribution >= 0.6 is 11.3 Å². The number of carbonyl (C=O) groups is 1. The zero-order chi connectivity index (χ0) is 12.4. The molecule has 1 aromatic rings. The number of carbonyl (C=O) groups excluding carboxylic acids is 1. The first kappa shape index (κ1) is 12.5. The maximum absolute atomic E-state index is 11.2. The Kier molecular flexibility index (Phi) is 3.81. The van der Waals surface area contributed by atoms with Crippen molar-refractivity contribution in [3.8, 4) is 0 Å². The minimum Gasteiger partial charge on any atom is -0.369 e. The van der Waals surface area contributed by atoms with Crippen molar-refractivity contribution in [2.24, 2.45) is 17.4 Å². The van der Waals surface area contributed by atoms with Gasteiger partial charge < -0.3 is 11.5 Å². The lowest BCUT2D eigenvalue weighted by atomic mass is 10.1. The van der Waals surface area contributed by atoms with Crippen LogP contribution in [0, 0.1) is 5.92 Å². The van der Waals surface area contributed by atoms with Crippen molar-refractivity contribution in [3.05, 3.63) is 22.4 Å². The van der Waals surface area contributed by atoms with E-state index in [1.807, 2.05) is 13.0 Å². The molecule has 2 heterocycles. The van der Waals surface area contributed by atoms with Crippen molar-refractivity contribution >= 4 is 17.2 Å². The van der Waals surface area contributed by atoms with Crippen molar-refractivity contribution in [1.82, 2.24) is 4.90 Å². The number of hydrogen-bond donors (Lipinski definition) is 2. The average molecular weight is 253 g/mol. The Bertz CT molecular complexity index is 377. The summed E-state index contributed by atoms with van der Waals surface area (Å²) in [6.45, 7) is 3.65. The van der Waals surface area contributed by atoms with Crippen LogP contribution in [0.3, 0.4) is 0 Å². The molecule has 4 nitrogen and oxygen atoms in total. The molecule has 3 atom stereocenters. The molecule has 0 saturated carbocycles. The van der Waals surface area contributed by atoms with E-state index in [4.69, 9.17) is 11.5 Å². The summed E-state index contributed by atoms with van der Waals surface area (Å²) < 4.78 is 0. The first-order valence-corrected chi connectivity index (χ1v) is 6.80. The third-order valence-corrected chi connectivity index (χ3v) is 4.29. The number of likely N-dealkylation sites (tertiary alicyclic amines) is 1. The van der Waals surface area contributed by atoms with Crippen molar-refractivity contribution in [2.45, 2.75) is 25.4 Å². The van der Waals surface area contributed by atoms with Gasteiger partial charge in [0.1, 0.15) is 0 Å². The summed E-state index contributed by atoms with van der Waals surface area (Å²) in [4.78, 5) is 14.7. The fourth-order valence-electron chi connectivity index (χ4n) is 2.50. The van der Waals surface area contributed by atoms with Gasteiger partial charge in [-0.15, -0.1) is 11.3 Å². The summed E-state index contributed by atoms with van der Waals surface area (Å²) in [6, 6.07) is 4.41. The zero-order valence-electron chi connectivity index (χ0n) is 10.0. The Morgan fingerprint density at radius 3 is 2.88 bits per heavy atom. The molecule has 1 aliphatic heterocycles. The molecule has 1 saturated heterocycles. The molecule has 1 aliphatic rings. The van der Waals surface area contributed by atoms with Gasteiger partial charge in [0, 0.05) is 17.5 Å². The Balaban J connectivity index is 2.11. The predicted molar refractivity (Wildman–Crippen MR) is 69.6 cm³/mol. The van der Waals surface area contributed by atoms with E-state index >= 15 is 0 Å². The van der Waals surface area contributed by atoms with Gasteiger partial charge in [-0.2, -0.15) is 0 Å². The molecule has 17 heavy (non-hydrogen) atoms. The molecular formula is C12H19N3OS. The van der Waals surface area contributed by atoms with Gasteiger partial charge >= 0.3 is 0 Å². The van der Waals surface area contributed by atoms with E-state index in [1.54, 1.807) is 11.3 Å². The van der Waals surface area contributed by atoms with Gasteiger partial charge in [0.2, 0.25) is 5.91 Å². The number of amides is 1. The molecule has 0 aromatic carbocycles. The van der Waals surface area contributed by atoms with Crippen LogP contribution < -0.4 is 11.5 Å². The van der Waals surface area contributed by atoms with Gasteiger partial charge in [0.15, 0.2) is 0 Å². The lowest BCUT2D eigenvalue weighted by Crippen LogP contribution is -2.38. The van der Waals surface area contributed by atoms with Gasteiger partial charge in [-0.25, -0.2) is 0 Å². The number of rotatable bonds is 4. The van der Waals surface area contributed by atoms with E-state index in [0.29, 0.717) is 0 Å². The van der Waals surface area contributed by atoms with Crippen molar-refractivity contribution in [1.29, 1.82) is 0 Å². The third kappa shape index (κ3) is 2.68. The van der Waals surface area contributed by atoms with E-state index < -0.39 is 0 Å². The first-order chi connectivity index (χ1) is 8.09. The van der Waals surface area contributed by atoms with Crippen LogP contribution in [0.25, 0.3) is 0 Å². The highest BCUT2D eigenvalue weighted by molar-refractivity contribution is 7.10. The third-order valence-electron chi connectivity index (χ3n) is 3.35. The fraction of sp³-hybridized carbons (Fsp3) is 0.583. The quantitative estimate of drug-likeness (QED) is 0.839. The van der Waals surface area contributed by atoms with E-state index in [2.05, 4.69) is 16.3 Å². The number of hydrogen-bond acceptors (Lipinski definition) is 4. The summed E-state index contributed by atoms with van der Waals surface area (Å²) in [6.07, 6.45) is 0.851. The molecule has 1 amide bonds. The van der Waals surface area contributed by atoms with Gasteiger partial charge in [0.25, 0.3) is 0 Å². The van der Waals surface area contributed by atoms with E-state index in [9.17, 15) is 4.79 Å². The molecule has 3 unspecified atom stereocenters. The minimum absolute atomic E-state index is 0.0174. The summed E-state index contributed by atoms with van der Waals surface area (Å²) >= 11 is 1.72. The molecule has 1 fully saturated rings. The summed E-state index contributed by atoms with van der Waals surface area (Å²) in [5, 5.41) is 2.06. The second kappa shape index (κ2) is 5.16. The molecule has 4 N–H and O–H groups in total. The summed E-state index contributed by atoms with van der Waals surface area (Å²) in [7, 11) is 0. The Morgan fingerprint density at radius 1 is 1.65 bits per heavy atom. The average Bonchev–Trinajstić information content (AvgIpc) is 2.88. The Labute approximate surface area is 106 Å². The van der Waals surface area contributed by atoms with Crippen LogP contribution in [-0.2, 0) is 4.79 Å². The van der Waals surface area contributed by atoms with Gasteiger partial charge in [-0.05, 0) is 31.3 Å². The highest BCUT2D eigenvalue weighted by Crippen LogP contribution is 2.31. The topological polar surface area (TPSA) is 72.3 Å². The smallest absolute Gasteiger partial charge is 0.221 e. The van der Waals surface area contributed by atoms with Crippen LogP contribution in [0.4, 0.5) is 0 Å². The summed E-state index contributed by atoms with van der Waals surface area (Å²) in [5.41, 5.74) is 11.4. The Morgan fingerprint density at radius 2 is 2.41 bits per heavy atom. The van der Waals surface area contributed by atoms with Crippen LogP contribution in [0.1, 0.15) is 24.3 Å². The molecule has 94 valence electrons. The van der Waals surface area contributed by atoms with Crippen molar-refractivity contribution in [2.75, 3.05) is 13.1 Å². The number of thiophene rings is 1. The van der Waals surface area contributed by atoms with Crippen molar-refractivity contribution < 1.29 is 4.79 Å². The first-order valence-electron chi connectivity index (χ1n) is 5.92. The molecule has 1 aromatic heterocycles. The lowest BCUT2D eigenvalue weighted by Gasteiger charge is -2.30. The highest BCUT2D eigenvalue weighted by atomic mass is 32.1. The summed E-state index contributed by atoms with van der Waals surface area (Å²) in [5.74, 6) is -0.210. The maximum Gasteiger partial charge on any atom is 0.221 e. The maximum atomic E-state index is 11.2. The minimum atomic E-state index is -0.192. The van der Waals surface area contributed by atoms with E-state index in [-0.39, 0.29) is 23.9 Å². The zero-order valence-corrected chi connectivity index (χ0v) is 10.8. The molecule has 0 bridgehead atoms. The van der Waals surface area contributed by atoms with Gasteiger partial charge in [-0.3, -0.25) is 9.69 Å².